The molecule has 0 aromatic carbocycles. The molecule has 0 aliphatic rings. The monoisotopic (exact) mass is 139 g/mol. The Hall–Kier alpha value is 0.580. The van der Waals surface area contributed by atoms with Crippen LogP contribution in [0.2, 0.25) is 0 Å². The third kappa shape index (κ3) is 6.58. The van der Waals surface area contributed by atoms with E-state index in [-0.39, 0.29) is 0 Å². The lowest BCUT2D eigenvalue weighted by molar-refractivity contribution is 0.646. The molecule has 0 aromatic heterocycles. The van der Waals surface area contributed by atoms with E-state index in [0.717, 1.165) is 6.42 Å². The minimum atomic E-state index is 0.481. The first-order chi connectivity index (χ1) is 3.13. The van der Waals surface area contributed by atoms with Crippen LogP contribution in [-0.4, -0.2) is 0 Å². The van der Waals surface area contributed by atoms with Gasteiger partial charge in [0.1, 0.15) is 0 Å². The molecule has 0 bridgehead atoms. The van der Waals surface area contributed by atoms with Crippen molar-refractivity contribution < 1.29 is 0 Å². The zero-order valence-electron chi connectivity index (χ0n) is 4.54. The maximum Gasteiger partial charge on any atom is 0.151 e. The number of halogens is 2. The van der Waals surface area contributed by atoms with Gasteiger partial charge in [0.05, 0.1) is 0 Å². The van der Waals surface area contributed by atoms with E-state index < -0.39 is 0 Å². The fourth-order valence-corrected chi connectivity index (χ4v) is 0.926. The molecule has 2 heteroatoms. The summed E-state index contributed by atoms with van der Waals surface area (Å²) < 4.78 is 0. The lowest BCUT2D eigenvalue weighted by atomic mass is 10.2. The molecule has 0 nitrogen and oxygen atoms in total. The molecule has 1 radical (unpaired) electrons. The molecular formula is C5H9Cl2. The first-order valence-electron chi connectivity index (χ1n) is 2.29. The van der Waals surface area contributed by atoms with Crippen LogP contribution >= 0.6 is 23.2 Å². The molecule has 0 saturated carbocycles. The predicted octanol–water partition coefficient (Wildman–Crippen LogP) is 3.00. The SMILES string of the molecule is CC(C)C[C](Cl)Cl. The van der Waals surface area contributed by atoms with Crippen LogP contribution in [0, 0.1) is 10.8 Å². The van der Waals surface area contributed by atoms with Gasteiger partial charge < -0.3 is 0 Å². The van der Waals surface area contributed by atoms with Gasteiger partial charge in [-0.1, -0.05) is 37.0 Å². The van der Waals surface area contributed by atoms with Gasteiger partial charge in [-0.2, -0.15) is 0 Å². The highest BCUT2D eigenvalue weighted by atomic mass is 35.5. The standard InChI is InChI=1S/C5H9Cl2/c1-4(2)3-5(6)7/h4H,3H2,1-2H3. The molecule has 0 rings (SSSR count). The molecule has 0 heterocycles. The fourth-order valence-electron chi connectivity index (χ4n) is 0.309. The Labute approximate surface area is 54.8 Å². The molecule has 0 saturated heterocycles. The smallest absolute Gasteiger partial charge is 0.0983 e. The quantitative estimate of drug-likeness (QED) is 0.553. The van der Waals surface area contributed by atoms with Crippen LogP contribution in [-0.2, 0) is 0 Å². The third-order valence-electron chi connectivity index (χ3n) is 0.563. The molecule has 0 aliphatic heterocycles. The Morgan fingerprint density at radius 2 is 1.86 bits per heavy atom. The van der Waals surface area contributed by atoms with Crippen LogP contribution in [0.3, 0.4) is 0 Å². The molecule has 0 unspecified atom stereocenters. The summed E-state index contributed by atoms with van der Waals surface area (Å²) in [7, 11) is 0. The molecule has 43 valence electrons. The summed E-state index contributed by atoms with van der Waals surface area (Å²) in [5.74, 6) is 0.574. The molecule has 7 heavy (non-hydrogen) atoms. The van der Waals surface area contributed by atoms with Gasteiger partial charge in [0, 0.05) is 0 Å². The first kappa shape index (κ1) is 7.58. The highest BCUT2D eigenvalue weighted by Gasteiger charge is 2.01. The van der Waals surface area contributed by atoms with Crippen molar-refractivity contribution in [3.8, 4) is 0 Å². The van der Waals surface area contributed by atoms with E-state index in [9.17, 15) is 0 Å². The number of hydrogen-bond donors (Lipinski definition) is 0. The third-order valence-corrected chi connectivity index (χ3v) is 0.871. The molecule has 0 atom stereocenters. The summed E-state index contributed by atoms with van der Waals surface area (Å²) in [6.45, 7) is 4.15. The average molecular weight is 140 g/mol. The Morgan fingerprint density at radius 3 is 1.86 bits per heavy atom. The van der Waals surface area contributed by atoms with Gasteiger partial charge in [-0.25, -0.2) is 0 Å². The van der Waals surface area contributed by atoms with E-state index >= 15 is 0 Å². The zero-order chi connectivity index (χ0) is 5.86. The Morgan fingerprint density at radius 1 is 1.43 bits per heavy atom. The Bertz CT molecular complexity index is 35.3. The van der Waals surface area contributed by atoms with Crippen molar-refractivity contribution in [3.05, 3.63) is 4.84 Å². The van der Waals surface area contributed by atoms with E-state index in [4.69, 9.17) is 23.2 Å². The average Bonchev–Trinajstić information content (AvgIpc) is 1.27. The highest BCUT2D eigenvalue weighted by molar-refractivity contribution is 6.52. The summed E-state index contributed by atoms with van der Waals surface area (Å²) in [6.07, 6.45) is 0.809. The highest BCUT2D eigenvalue weighted by Crippen LogP contribution is 2.21. The van der Waals surface area contributed by atoms with Gasteiger partial charge in [0.2, 0.25) is 0 Å². The topological polar surface area (TPSA) is 0 Å². The largest absolute Gasteiger partial charge is 0.151 e. The van der Waals surface area contributed by atoms with Crippen molar-refractivity contribution in [2.45, 2.75) is 20.3 Å². The summed E-state index contributed by atoms with van der Waals surface area (Å²) in [6, 6.07) is 0. The van der Waals surface area contributed by atoms with Crippen LogP contribution in [0.1, 0.15) is 20.3 Å². The van der Waals surface area contributed by atoms with Gasteiger partial charge >= 0.3 is 0 Å². The Balaban J connectivity index is 2.95. The second kappa shape index (κ2) is 3.57. The molecule has 0 fully saturated rings. The molecule has 0 N–H and O–H groups in total. The van der Waals surface area contributed by atoms with Crippen LogP contribution < -0.4 is 0 Å². The second-order valence-corrected chi connectivity index (χ2v) is 3.04. The fraction of sp³-hybridized carbons (Fsp3) is 0.800. The predicted molar refractivity (Wildman–Crippen MR) is 34.4 cm³/mol. The van der Waals surface area contributed by atoms with Crippen molar-refractivity contribution in [1.29, 1.82) is 0 Å². The summed E-state index contributed by atoms with van der Waals surface area (Å²) in [5, 5.41) is 0. The van der Waals surface area contributed by atoms with E-state index in [1.165, 1.54) is 0 Å². The minimum Gasteiger partial charge on any atom is -0.0983 e. The summed E-state index contributed by atoms with van der Waals surface area (Å²) in [4.78, 5) is 0.481. The van der Waals surface area contributed by atoms with Gasteiger partial charge in [0.25, 0.3) is 0 Å². The van der Waals surface area contributed by atoms with Crippen molar-refractivity contribution in [1.82, 2.24) is 0 Å². The lowest BCUT2D eigenvalue weighted by Gasteiger charge is -2.00. The van der Waals surface area contributed by atoms with Crippen LogP contribution in [0.4, 0.5) is 0 Å². The normalized spacial score (nSPS) is 11.1. The van der Waals surface area contributed by atoms with Gasteiger partial charge in [0.15, 0.2) is 4.84 Å². The first-order valence-corrected chi connectivity index (χ1v) is 3.05. The summed E-state index contributed by atoms with van der Waals surface area (Å²) >= 11 is 10.7. The van der Waals surface area contributed by atoms with Crippen LogP contribution in [0.25, 0.3) is 0 Å². The molecule has 0 aromatic rings. The van der Waals surface area contributed by atoms with E-state index in [1.54, 1.807) is 0 Å². The van der Waals surface area contributed by atoms with Crippen molar-refractivity contribution >= 4 is 23.2 Å². The number of hydrogen-bond acceptors (Lipinski definition) is 0. The minimum absolute atomic E-state index is 0.481. The van der Waals surface area contributed by atoms with Crippen LogP contribution in [0.5, 0.6) is 0 Å². The van der Waals surface area contributed by atoms with Crippen molar-refractivity contribution in [3.63, 3.8) is 0 Å². The lowest BCUT2D eigenvalue weighted by Crippen LogP contribution is -1.86. The van der Waals surface area contributed by atoms with Gasteiger partial charge in [-0.05, 0) is 12.3 Å². The van der Waals surface area contributed by atoms with E-state index in [1.807, 2.05) is 0 Å². The van der Waals surface area contributed by atoms with Crippen molar-refractivity contribution in [2.75, 3.05) is 0 Å². The Kier molecular flexibility index (Phi) is 3.86. The van der Waals surface area contributed by atoms with E-state index in [2.05, 4.69) is 13.8 Å². The van der Waals surface area contributed by atoms with Gasteiger partial charge in [-0.15, -0.1) is 0 Å². The molecular weight excluding hydrogens is 131 g/mol. The maximum absolute atomic E-state index is 5.35. The van der Waals surface area contributed by atoms with Crippen LogP contribution in [0.15, 0.2) is 0 Å². The molecule has 0 aliphatic carbocycles. The zero-order valence-corrected chi connectivity index (χ0v) is 6.05. The maximum atomic E-state index is 5.35. The van der Waals surface area contributed by atoms with Gasteiger partial charge in [-0.3, -0.25) is 0 Å². The number of rotatable bonds is 2. The summed E-state index contributed by atoms with van der Waals surface area (Å²) in [5.41, 5.74) is 0. The molecule has 0 amide bonds. The second-order valence-electron chi connectivity index (χ2n) is 1.94. The molecule has 0 spiro atoms. The van der Waals surface area contributed by atoms with E-state index in [0.29, 0.717) is 10.8 Å². The van der Waals surface area contributed by atoms with Crippen molar-refractivity contribution in [2.24, 2.45) is 5.92 Å².